The molecule has 13 nitrogen and oxygen atoms in total. The number of unbranched alkanes of at least 4 members (excludes halogenated alkanes) is 12. The minimum absolute atomic E-state index is 0.0677. The third-order valence-electron chi connectivity index (χ3n) is 10.3. The fraction of sp³-hybridized carbons (Fsp3) is 0.615. The van der Waals surface area contributed by atoms with Gasteiger partial charge in [0.2, 0.25) is 0 Å². The third kappa shape index (κ3) is 10.1. The number of phosphoric acid groups is 1. The van der Waals surface area contributed by atoms with E-state index in [2.05, 4.69) is 28.8 Å². The van der Waals surface area contributed by atoms with Gasteiger partial charge in [-0.15, -0.1) is 11.8 Å². The number of aromatic nitrogens is 3. The van der Waals surface area contributed by atoms with Gasteiger partial charge in [-0.3, -0.25) is 9.05 Å². The third-order valence-corrected chi connectivity index (χ3v) is 11.3. The Hall–Kier alpha value is -3.43. The highest BCUT2D eigenvalue weighted by Crippen LogP contribution is 2.63. The standard InChI is InChI=1S/C39H53FN5O8P/c1-3-4-5-6-7-8-9-10-11-12-13-14-15-16-17-18-30(50-25-28-19-20-29(24-41)31(40)23-28)26-51-54(48,49)53-35-34-39(35,47)37(46)38(2,52-34)33-22-21-32-36(42)43-27-44-45(32)33/h19-23,27,30,34-35,37,46-47H,3-15,18,25-26H2,1-2H3,(H,48,49)(H2,42,43,44)/t30-,34-,35?,37+,38+,39+/m1/s1. The lowest BCUT2D eigenvalue weighted by Gasteiger charge is -2.32. The summed E-state index contributed by atoms with van der Waals surface area (Å²) in [6, 6.07) is 9.18. The Morgan fingerprint density at radius 1 is 1.07 bits per heavy atom. The fourth-order valence-electron chi connectivity index (χ4n) is 7.04. The molecule has 2 fully saturated rings. The lowest BCUT2D eigenvalue weighted by Crippen LogP contribution is -2.46. The summed E-state index contributed by atoms with van der Waals surface area (Å²) in [5.41, 5.74) is 3.71. The topological polar surface area (TPSA) is 195 Å². The van der Waals surface area contributed by atoms with Gasteiger partial charge in [0, 0.05) is 12.8 Å². The van der Waals surface area contributed by atoms with Crippen LogP contribution in [0, 0.1) is 29.0 Å². The van der Waals surface area contributed by atoms with Crippen molar-refractivity contribution in [2.75, 3.05) is 12.3 Å². The van der Waals surface area contributed by atoms with Gasteiger partial charge in [-0.05, 0) is 43.2 Å². The first-order valence-electron chi connectivity index (χ1n) is 19.0. The van der Waals surface area contributed by atoms with E-state index in [0.29, 0.717) is 23.2 Å². The first-order chi connectivity index (χ1) is 25.9. The summed E-state index contributed by atoms with van der Waals surface area (Å²) in [6.07, 6.45) is 12.2. The Kier molecular flexibility index (Phi) is 14.6. The van der Waals surface area contributed by atoms with Gasteiger partial charge in [0.15, 0.2) is 11.4 Å². The first-order valence-corrected chi connectivity index (χ1v) is 20.5. The number of anilines is 1. The molecule has 0 amide bonds. The smallest absolute Gasteiger partial charge is 0.386 e. The SMILES string of the molecule is CCCCCCCCCCCCCCC#CC[C@H](COP(=O)(O)OC1[C@H]2O[C@@](C)(c3ccc4c(N)ncnn34)[C@H](O)[C@@]12O)OCc1ccc(C#N)c(F)c1. The Bertz CT molecular complexity index is 1860. The molecule has 294 valence electrons. The van der Waals surface area contributed by atoms with Gasteiger partial charge in [-0.2, -0.15) is 10.4 Å². The van der Waals surface area contributed by atoms with E-state index in [4.69, 9.17) is 29.5 Å². The van der Waals surface area contributed by atoms with E-state index < -0.39 is 55.9 Å². The van der Waals surface area contributed by atoms with E-state index in [1.54, 1.807) is 31.2 Å². The average molecular weight is 770 g/mol. The highest BCUT2D eigenvalue weighted by Gasteiger charge is 2.82. The maximum Gasteiger partial charge on any atom is 0.472 e. The molecule has 1 saturated heterocycles. The van der Waals surface area contributed by atoms with Crippen LogP contribution < -0.4 is 5.73 Å². The molecule has 3 aromatic rings. The molecule has 1 aliphatic carbocycles. The molecule has 0 bridgehead atoms. The van der Waals surface area contributed by atoms with Gasteiger partial charge >= 0.3 is 7.82 Å². The van der Waals surface area contributed by atoms with Crippen molar-refractivity contribution in [3.8, 4) is 17.9 Å². The number of nitrogen functional groups attached to an aromatic ring is 1. The number of halogens is 1. The van der Waals surface area contributed by atoms with Crippen LogP contribution in [-0.4, -0.2) is 66.3 Å². The van der Waals surface area contributed by atoms with Gasteiger partial charge in [0.25, 0.3) is 0 Å². The molecule has 1 aliphatic heterocycles. The Labute approximate surface area is 316 Å². The number of nitrogens with two attached hydrogens (primary N) is 1. The second-order valence-electron chi connectivity index (χ2n) is 14.4. The molecule has 5 rings (SSSR count). The number of hydrogen-bond acceptors (Lipinski definition) is 11. The highest BCUT2D eigenvalue weighted by molar-refractivity contribution is 7.47. The Morgan fingerprint density at radius 3 is 2.39 bits per heavy atom. The number of phosphoric ester groups is 1. The van der Waals surface area contributed by atoms with Crippen LogP contribution in [0.3, 0.4) is 0 Å². The number of aliphatic hydroxyl groups excluding tert-OH is 1. The molecule has 5 N–H and O–H groups in total. The monoisotopic (exact) mass is 769 g/mol. The highest BCUT2D eigenvalue weighted by atomic mass is 31.2. The maximum atomic E-state index is 14.2. The number of hydrogen-bond donors (Lipinski definition) is 4. The number of aliphatic hydroxyl groups is 2. The second-order valence-corrected chi connectivity index (χ2v) is 15.8. The molecule has 3 heterocycles. The molecular weight excluding hydrogens is 716 g/mol. The summed E-state index contributed by atoms with van der Waals surface area (Å²) in [5.74, 6) is 5.74. The molecular formula is C39H53FN5O8P. The van der Waals surface area contributed by atoms with Gasteiger partial charge in [-0.25, -0.2) is 18.5 Å². The number of rotatable bonds is 22. The molecule has 15 heteroatoms. The van der Waals surface area contributed by atoms with Gasteiger partial charge < -0.3 is 30.3 Å². The van der Waals surface area contributed by atoms with E-state index in [1.807, 2.05) is 0 Å². The van der Waals surface area contributed by atoms with Crippen molar-refractivity contribution in [3.63, 3.8) is 0 Å². The van der Waals surface area contributed by atoms with Crippen molar-refractivity contribution in [1.82, 2.24) is 14.6 Å². The van der Waals surface area contributed by atoms with Crippen LogP contribution in [0.25, 0.3) is 5.52 Å². The van der Waals surface area contributed by atoms with Crippen molar-refractivity contribution >= 4 is 19.2 Å². The summed E-state index contributed by atoms with van der Waals surface area (Å²) in [6.45, 7) is 3.32. The molecule has 1 aromatic carbocycles. The van der Waals surface area contributed by atoms with E-state index in [0.717, 1.165) is 12.8 Å². The maximum absolute atomic E-state index is 14.2. The largest absolute Gasteiger partial charge is 0.472 e. The van der Waals surface area contributed by atoms with Crippen LogP contribution in [-0.2, 0) is 35.3 Å². The summed E-state index contributed by atoms with van der Waals surface area (Å²) >= 11 is 0. The normalized spacial score (nSPS) is 24.7. The summed E-state index contributed by atoms with van der Waals surface area (Å²) in [7, 11) is -4.82. The lowest BCUT2D eigenvalue weighted by molar-refractivity contribution is -0.126. The van der Waals surface area contributed by atoms with E-state index in [1.165, 1.54) is 87.2 Å². The Morgan fingerprint density at radius 2 is 1.76 bits per heavy atom. The van der Waals surface area contributed by atoms with Gasteiger partial charge in [0.05, 0.1) is 30.6 Å². The van der Waals surface area contributed by atoms with Crippen LogP contribution in [0.2, 0.25) is 0 Å². The summed E-state index contributed by atoms with van der Waals surface area (Å²) < 4.78 is 51.3. The van der Waals surface area contributed by atoms with Crippen LogP contribution in [0.15, 0.2) is 36.7 Å². The van der Waals surface area contributed by atoms with E-state index in [9.17, 15) is 24.1 Å². The molecule has 2 aliphatic rings. The second kappa shape index (κ2) is 18.9. The molecule has 7 atom stereocenters. The number of benzene rings is 1. The molecule has 1 saturated carbocycles. The molecule has 0 spiro atoms. The predicted octanol–water partition coefficient (Wildman–Crippen LogP) is 6.61. The van der Waals surface area contributed by atoms with E-state index >= 15 is 0 Å². The molecule has 2 aromatic heterocycles. The lowest BCUT2D eigenvalue weighted by atomic mass is 9.91. The molecule has 2 unspecified atom stereocenters. The van der Waals surface area contributed by atoms with Crippen molar-refractivity contribution < 1.29 is 42.6 Å². The van der Waals surface area contributed by atoms with Crippen LogP contribution >= 0.6 is 7.82 Å². The zero-order valence-corrected chi connectivity index (χ0v) is 32.1. The minimum Gasteiger partial charge on any atom is -0.386 e. The average Bonchev–Trinajstić information content (AvgIpc) is 3.40. The van der Waals surface area contributed by atoms with Crippen molar-refractivity contribution in [2.45, 2.75) is 146 Å². The molecule has 0 radical (unpaired) electrons. The number of ether oxygens (including phenoxy) is 2. The van der Waals surface area contributed by atoms with Crippen molar-refractivity contribution in [2.24, 2.45) is 0 Å². The quantitative estimate of drug-likeness (QED) is 0.0486. The van der Waals surface area contributed by atoms with Crippen LogP contribution in [0.4, 0.5) is 10.2 Å². The number of nitrogens with zero attached hydrogens (tertiary/aromatic N) is 4. The number of fused-ring (bicyclic) bond motifs is 2. The molecule has 54 heavy (non-hydrogen) atoms. The van der Waals surface area contributed by atoms with Crippen molar-refractivity contribution in [1.29, 1.82) is 5.26 Å². The fourth-order valence-corrected chi connectivity index (χ4v) is 8.02. The summed E-state index contributed by atoms with van der Waals surface area (Å²) in [4.78, 5) is 14.6. The Balaban J connectivity index is 1.10. The predicted molar refractivity (Wildman–Crippen MR) is 199 cm³/mol. The minimum atomic E-state index is -4.82. The number of nitriles is 1. The summed E-state index contributed by atoms with van der Waals surface area (Å²) in [5, 5.41) is 35.8. The van der Waals surface area contributed by atoms with Crippen LogP contribution in [0.1, 0.15) is 121 Å². The van der Waals surface area contributed by atoms with Gasteiger partial charge in [-0.1, -0.05) is 83.6 Å². The van der Waals surface area contributed by atoms with Crippen molar-refractivity contribution in [3.05, 3.63) is 59.3 Å². The zero-order valence-electron chi connectivity index (χ0n) is 31.2. The first kappa shape index (κ1) is 41.7. The van der Waals surface area contributed by atoms with Gasteiger partial charge in [0.1, 0.15) is 47.6 Å². The van der Waals surface area contributed by atoms with Crippen LogP contribution in [0.5, 0.6) is 0 Å². The zero-order chi connectivity index (χ0) is 38.8. The van der Waals surface area contributed by atoms with E-state index in [-0.39, 0.29) is 24.4 Å².